The summed E-state index contributed by atoms with van der Waals surface area (Å²) in [6, 6.07) is 7.81. The molecule has 140 valence electrons. The highest BCUT2D eigenvalue weighted by Gasteiger charge is 2.24. The van der Waals surface area contributed by atoms with Crippen LogP contribution in [-0.2, 0) is 11.2 Å². The number of nitrogens with one attached hydrogen (secondary N) is 1. The van der Waals surface area contributed by atoms with Crippen molar-refractivity contribution in [2.24, 2.45) is 0 Å². The minimum atomic E-state index is 0.199. The maximum Gasteiger partial charge on any atom is 0.223 e. The molecule has 0 radical (unpaired) electrons. The first kappa shape index (κ1) is 18.9. The Labute approximate surface area is 159 Å². The van der Waals surface area contributed by atoms with Gasteiger partial charge in [0.1, 0.15) is 0 Å². The summed E-state index contributed by atoms with van der Waals surface area (Å²) >= 11 is 5.92. The summed E-state index contributed by atoms with van der Waals surface area (Å²) < 4.78 is 5.81. The van der Waals surface area contributed by atoms with E-state index in [1.54, 1.807) is 6.20 Å². The van der Waals surface area contributed by atoms with Crippen molar-refractivity contribution in [3.8, 4) is 11.3 Å². The molecule has 1 amide bonds. The third-order valence-corrected chi connectivity index (χ3v) is 5.02. The fourth-order valence-corrected chi connectivity index (χ4v) is 3.53. The molecule has 1 fully saturated rings. The minimum absolute atomic E-state index is 0.199. The van der Waals surface area contributed by atoms with Crippen LogP contribution in [0.5, 0.6) is 0 Å². The first-order chi connectivity index (χ1) is 12.7. The van der Waals surface area contributed by atoms with Crippen LogP contribution in [0.3, 0.4) is 0 Å². The monoisotopic (exact) mass is 375 g/mol. The van der Waals surface area contributed by atoms with Crippen LogP contribution in [0, 0.1) is 0 Å². The normalized spacial score (nSPS) is 15.2. The molecular weight excluding hydrogens is 350 g/mol. The van der Waals surface area contributed by atoms with Crippen LogP contribution >= 0.6 is 11.6 Å². The first-order valence-electron chi connectivity index (χ1n) is 9.38. The molecule has 1 aromatic heterocycles. The van der Waals surface area contributed by atoms with Crippen molar-refractivity contribution in [1.82, 2.24) is 15.2 Å². The molecule has 1 aliphatic rings. The molecule has 1 aliphatic heterocycles. The predicted molar refractivity (Wildman–Crippen MR) is 103 cm³/mol. The number of aryl methyl sites for hydroxylation is 1. The van der Waals surface area contributed by atoms with E-state index >= 15 is 0 Å². The molecule has 0 atom stereocenters. The van der Waals surface area contributed by atoms with Crippen molar-refractivity contribution in [1.29, 1.82) is 0 Å². The smallest absolute Gasteiger partial charge is 0.223 e. The van der Waals surface area contributed by atoms with Gasteiger partial charge in [0.2, 0.25) is 5.91 Å². The summed E-state index contributed by atoms with van der Waals surface area (Å²) in [5.41, 5.74) is 0.932. The number of nitrogens with zero attached hydrogens (tertiary/aromatic N) is 2. The Kier molecular flexibility index (Phi) is 6.69. The summed E-state index contributed by atoms with van der Waals surface area (Å²) in [7, 11) is 0. The number of amides is 1. The van der Waals surface area contributed by atoms with Gasteiger partial charge in [-0.05, 0) is 56.6 Å². The minimum Gasteiger partial charge on any atom is -0.441 e. The number of piperidine rings is 1. The van der Waals surface area contributed by atoms with E-state index in [-0.39, 0.29) is 5.91 Å². The molecule has 0 saturated carbocycles. The van der Waals surface area contributed by atoms with E-state index < -0.39 is 0 Å². The van der Waals surface area contributed by atoms with Gasteiger partial charge in [-0.25, -0.2) is 4.98 Å². The summed E-state index contributed by atoms with van der Waals surface area (Å²) in [5.74, 6) is 1.50. The number of halogens is 1. The Morgan fingerprint density at radius 3 is 2.73 bits per heavy atom. The van der Waals surface area contributed by atoms with E-state index in [4.69, 9.17) is 16.0 Å². The molecule has 1 N–H and O–H groups in total. The fraction of sp³-hybridized carbons (Fsp3) is 0.500. The molecular formula is C20H26ClN3O2. The molecule has 6 heteroatoms. The van der Waals surface area contributed by atoms with Crippen LogP contribution in [0.4, 0.5) is 0 Å². The van der Waals surface area contributed by atoms with E-state index in [2.05, 4.69) is 22.1 Å². The number of carbonyl (C=O) groups excluding carboxylic acids is 1. The summed E-state index contributed by atoms with van der Waals surface area (Å²) in [5, 5.41) is 4.05. The Balaban J connectivity index is 1.58. The highest BCUT2D eigenvalue weighted by atomic mass is 35.5. The summed E-state index contributed by atoms with van der Waals surface area (Å²) in [6.45, 7) is 4.92. The maximum absolute atomic E-state index is 12.7. The SMILES string of the molecule is CCCN(C(=O)CCc1ncc(-c2ccc(Cl)cc2)o1)C1CCNCC1. The van der Waals surface area contributed by atoms with Gasteiger partial charge in [-0.3, -0.25) is 4.79 Å². The van der Waals surface area contributed by atoms with Crippen LogP contribution in [0.2, 0.25) is 5.02 Å². The third kappa shape index (κ3) is 4.86. The lowest BCUT2D eigenvalue weighted by Crippen LogP contribution is -2.46. The van der Waals surface area contributed by atoms with Crippen molar-refractivity contribution in [2.75, 3.05) is 19.6 Å². The predicted octanol–water partition coefficient (Wildman–Crippen LogP) is 3.92. The number of hydrogen-bond acceptors (Lipinski definition) is 4. The number of carbonyl (C=O) groups is 1. The second kappa shape index (κ2) is 9.19. The summed E-state index contributed by atoms with van der Waals surface area (Å²) in [6.07, 6.45) is 5.72. The highest BCUT2D eigenvalue weighted by Crippen LogP contribution is 2.23. The molecule has 0 spiro atoms. The van der Waals surface area contributed by atoms with E-state index in [0.29, 0.717) is 35.6 Å². The van der Waals surface area contributed by atoms with Gasteiger partial charge in [-0.1, -0.05) is 18.5 Å². The molecule has 26 heavy (non-hydrogen) atoms. The first-order valence-corrected chi connectivity index (χ1v) is 9.76. The largest absolute Gasteiger partial charge is 0.441 e. The van der Waals surface area contributed by atoms with Crippen LogP contribution in [0.1, 0.15) is 38.5 Å². The Morgan fingerprint density at radius 2 is 2.04 bits per heavy atom. The van der Waals surface area contributed by atoms with E-state index in [0.717, 1.165) is 44.5 Å². The van der Waals surface area contributed by atoms with Gasteiger partial charge < -0.3 is 14.6 Å². The number of benzene rings is 1. The lowest BCUT2D eigenvalue weighted by Gasteiger charge is -2.34. The molecule has 2 heterocycles. The zero-order chi connectivity index (χ0) is 18.4. The van der Waals surface area contributed by atoms with Crippen LogP contribution in [0.25, 0.3) is 11.3 Å². The average Bonchev–Trinajstić information content (AvgIpc) is 3.14. The molecule has 0 bridgehead atoms. The van der Waals surface area contributed by atoms with Crippen molar-refractivity contribution < 1.29 is 9.21 Å². The Bertz CT molecular complexity index is 708. The second-order valence-corrected chi connectivity index (χ2v) is 7.13. The topological polar surface area (TPSA) is 58.4 Å². The third-order valence-electron chi connectivity index (χ3n) is 4.77. The van der Waals surface area contributed by atoms with Gasteiger partial charge >= 0.3 is 0 Å². The van der Waals surface area contributed by atoms with Gasteiger partial charge in [-0.15, -0.1) is 0 Å². The van der Waals surface area contributed by atoms with Crippen LogP contribution in [0.15, 0.2) is 34.9 Å². The van der Waals surface area contributed by atoms with Gasteiger partial charge in [-0.2, -0.15) is 0 Å². The van der Waals surface area contributed by atoms with Crippen LogP contribution in [-0.4, -0.2) is 41.5 Å². The van der Waals surface area contributed by atoms with Gasteiger partial charge in [0.15, 0.2) is 11.7 Å². The van der Waals surface area contributed by atoms with Crippen molar-refractivity contribution in [2.45, 2.75) is 45.1 Å². The van der Waals surface area contributed by atoms with Crippen molar-refractivity contribution in [3.63, 3.8) is 0 Å². The molecule has 1 saturated heterocycles. The highest BCUT2D eigenvalue weighted by molar-refractivity contribution is 6.30. The molecule has 0 aliphatic carbocycles. The maximum atomic E-state index is 12.7. The molecule has 0 unspecified atom stereocenters. The van der Waals surface area contributed by atoms with E-state index in [1.807, 2.05) is 24.3 Å². The van der Waals surface area contributed by atoms with Gasteiger partial charge in [0.05, 0.1) is 6.20 Å². The number of hydrogen-bond donors (Lipinski definition) is 1. The Morgan fingerprint density at radius 1 is 1.31 bits per heavy atom. The molecule has 5 nitrogen and oxygen atoms in total. The lowest BCUT2D eigenvalue weighted by molar-refractivity contribution is -0.134. The molecule has 2 aromatic rings. The van der Waals surface area contributed by atoms with Crippen molar-refractivity contribution >= 4 is 17.5 Å². The number of rotatable bonds is 7. The molecule has 1 aromatic carbocycles. The Hall–Kier alpha value is -1.85. The average molecular weight is 376 g/mol. The number of aromatic nitrogens is 1. The lowest BCUT2D eigenvalue weighted by atomic mass is 10.0. The van der Waals surface area contributed by atoms with Crippen molar-refractivity contribution in [3.05, 3.63) is 41.4 Å². The fourth-order valence-electron chi connectivity index (χ4n) is 3.40. The molecule has 3 rings (SSSR count). The van der Waals surface area contributed by atoms with E-state index in [9.17, 15) is 4.79 Å². The zero-order valence-electron chi connectivity index (χ0n) is 15.2. The standard InChI is InChI=1S/C20H26ClN3O2/c1-2-13-24(17-9-11-22-12-10-17)20(25)8-7-19-23-14-18(26-19)15-3-5-16(21)6-4-15/h3-6,14,17,22H,2,7-13H2,1H3. The second-order valence-electron chi connectivity index (χ2n) is 6.69. The van der Waals surface area contributed by atoms with Crippen LogP contribution < -0.4 is 5.32 Å². The number of oxazole rings is 1. The zero-order valence-corrected chi connectivity index (χ0v) is 16.0. The quantitative estimate of drug-likeness (QED) is 0.796. The van der Waals surface area contributed by atoms with Gasteiger partial charge in [0, 0.05) is 36.0 Å². The van der Waals surface area contributed by atoms with Gasteiger partial charge in [0.25, 0.3) is 0 Å². The van der Waals surface area contributed by atoms with E-state index in [1.165, 1.54) is 0 Å². The summed E-state index contributed by atoms with van der Waals surface area (Å²) in [4.78, 5) is 19.1.